The van der Waals surface area contributed by atoms with Crippen LogP contribution in [0.1, 0.15) is 38.5 Å². The molecule has 0 saturated carbocycles. The molecule has 0 aromatic carbocycles. The van der Waals surface area contributed by atoms with Gasteiger partial charge < -0.3 is 5.41 Å². The Kier molecular flexibility index (Phi) is 8.78. The smallest absolute Gasteiger partial charge is 0.0232 e. The first-order valence-electron chi connectivity index (χ1n) is 4.56. The van der Waals surface area contributed by atoms with Crippen LogP contribution in [0.15, 0.2) is 0 Å². The van der Waals surface area contributed by atoms with Crippen molar-refractivity contribution in [2.75, 3.05) is 12.0 Å². The molecule has 0 aromatic heterocycles. The second-order valence-corrected chi connectivity index (χ2v) is 4.59. The summed E-state index contributed by atoms with van der Waals surface area (Å²) in [5.41, 5.74) is 0. The third-order valence-electron chi connectivity index (χ3n) is 1.78. The van der Waals surface area contributed by atoms with Gasteiger partial charge in [0.25, 0.3) is 0 Å². The minimum atomic E-state index is -0.611. The Bertz CT molecular complexity index is 136. The largest absolute Gasteiger partial charge is 0.313 e. The van der Waals surface area contributed by atoms with Gasteiger partial charge in [-0.2, -0.15) is 0 Å². The fraction of sp³-hybridized carbons (Fsp3) is 0.889. The van der Waals surface area contributed by atoms with Crippen LogP contribution in [0, 0.1) is 5.41 Å². The first-order valence-corrected chi connectivity index (χ1v) is 6.29. The number of nitrogens with one attached hydrogen (secondary N) is 1. The van der Waals surface area contributed by atoms with Gasteiger partial charge in [0.1, 0.15) is 0 Å². The highest BCUT2D eigenvalue weighted by molar-refractivity contribution is 7.84. The molecule has 0 bridgehead atoms. The molecule has 0 aliphatic heterocycles. The summed E-state index contributed by atoms with van der Waals surface area (Å²) in [6, 6.07) is 0. The van der Waals surface area contributed by atoms with Crippen LogP contribution in [0.4, 0.5) is 0 Å². The molecule has 0 fully saturated rings. The van der Waals surface area contributed by atoms with E-state index in [1.165, 1.54) is 25.5 Å². The maximum absolute atomic E-state index is 10.7. The zero-order valence-corrected chi connectivity index (χ0v) is 8.66. The lowest BCUT2D eigenvalue weighted by Crippen LogP contribution is -1.93. The van der Waals surface area contributed by atoms with E-state index in [0.29, 0.717) is 0 Å². The summed E-state index contributed by atoms with van der Waals surface area (Å²) in [5, 5.41) is 6.81. The van der Waals surface area contributed by atoms with Crippen molar-refractivity contribution in [3.63, 3.8) is 0 Å². The van der Waals surface area contributed by atoms with Crippen molar-refractivity contribution >= 4 is 17.0 Å². The van der Waals surface area contributed by atoms with Crippen molar-refractivity contribution in [3.05, 3.63) is 0 Å². The Labute approximate surface area is 77.7 Å². The molecule has 72 valence electrons. The molecule has 1 atom stereocenters. The molecule has 12 heavy (non-hydrogen) atoms. The molecule has 0 aromatic rings. The van der Waals surface area contributed by atoms with Gasteiger partial charge in [-0.25, -0.2) is 0 Å². The number of unbranched alkanes of at least 4 members (excludes halogenated alkanes) is 5. The molecule has 0 saturated heterocycles. The summed E-state index contributed by atoms with van der Waals surface area (Å²) >= 11 is 0. The molecule has 0 amide bonds. The summed E-state index contributed by atoms with van der Waals surface area (Å²) in [6.45, 7) is 0. The third-order valence-corrected chi connectivity index (χ3v) is 2.64. The van der Waals surface area contributed by atoms with Crippen LogP contribution in [0.5, 0.6) is 0 Å². The summed E-state index contributed by atoms with van der Waals surface area (Å²) in [5.74, 6) is 0.852. The predicted octanol–water partition coefficient (Wildman–Crippen LogP) is 2.36. The highest BCUT2D eigenvalue weighted by atomic mass is 32.2. The van der Waals surface area contributed by atoms with Gasteiger partial charge in [-0.3, -0.25) is 4.21 Å². The maximum atomic E-state index is 10.7. The SMILES string of the molecule is CS(=O)CCCCCCCC=N. The van der Waals surface area contributed by atoms with E-state index in [0.717, 1.165) is 25.0 Å². The number of hydrogen-bond donors (Lipinski definition) is 1. The van der Waals surface area contributed by atoms with Crippen molar-refractivity contribution in [2.45, 2.75) is 38.5 Å². The monoisotopic (exact) mass is 189 g/mol. The van der Waals surface area contributed by atoms with Crippen LogP contribution in [-0.4, -0.2) is 22.4 Å². The molecule has 2 nitrogen and oxygen atoms in total. The van der Waals surface area contributed by atoms with E-state index in [4.69, 9.17) is 5.41 Å². The molecule has 1 unspecified atom stereocenters. The summed E-state index contributed by atoms with van der Waals surface area (Å²) in [4.78, 5) is 0. The van der Waals surface area contributed by atoms with E-state index in [1.54, 1.807) is 6.26 Å². The first-order chi connectivity index (χ1) is 5.77. The van der Waals surface area contributed by atoms with Crippen molar-refractivity contribution < 1.29 is 4.21 Å². The van der Waals surface area contributed by atoms with Crippen LogP contribution < -0.4 is 0 Å². The Morgan fingerprint density at radius 3 is 2.33 bits per heavy atom. The minimum Gasteiger partial charge on any atom is -0.313 e. The van der Waals surface area contributed by atoms with E-state index in [9.17, 15) is 4.21 Å². The van der Waals surface area contributed by atoms with E-state index < -0.39 is 10.8 Å². The van der Waals surface area contributed by atoms with E-state index in [-0.39, 0.29) is 0 Å². The average molecular weight is 189 g/mol. The second-order valence-electron chi connectivity index (χ2n) is 3.04. The molecular weight excluding hydrogens is 170 g/mol. The molecule has 1 N–H and O–H groups in total. The van der Waals surface area contributed by atoms with Crippen molar-refractivity contribution in [1.82, 2.24) is 0 Å². The average Bonchev–Trinajstić information content (AvgIpc) is 2.02. The maximum Gasteiger partial charge on any atom is 0.0232 e. The van der Waals surface area contributed by atoms with E-state index >= 15 is 0 Å². The van der Waals surface area contributed by atoms with Crippen LogP contribution in [0.3, 0.4) is 0 Å². The standard InChI is InChI=1S/C9H19NOS/c1-12(11)9-7-5-3-2-4-6-8-10/h8,10H,2-7,9H2,1H3. The lowest BCUT2D eigenvalue weighted by molar-refractivity contribution is 0.640. The highest BCUT2D eigenvalue weighted by Crippen LogP contribution is 2.04. The van der Waals surface area contributed by atoms with Gasteiger partial charge in [0.05, 0.1) is 0 Å². The van der Waals surface area contributed by atoms with Gasteiger partial charge in [0.2, 0.25) is 0 Å². The summed E-state index contributed by atoms with van der Waals surface area (Å²) in [7, 11) is -0.611. The van der Waals surface area contributed by atoms with Gasteiger partial charge in [-0.1, -0.05) is 19.3 Å². The van der Waals surface area contributed by atoms with Crippen molar-refractivity contribution in [1.29, 1.82) is 5.41 Å². The Morgan fingerprint density at radius 1 is 1.17 bits per heavy atom. The molecule has 0 rings (SSSR count). The lowest BCUT2D eigenvalue weighted by atomic mass is 10.1. The van der Waals surface area contributed by atoms with Gasteiger partial charge in [0.15, 0.2) is 0 Å². The third kappa shape index (κ3) is 9.82. The Hall–Kier alpha value is -0.180. The van der Waals surface area contributed by atoms with Gasteiger partial charge >= 0.3 is 0 Å². The Morgan fingerprint density at radius 2 is 1.75 bits per heavy atom. The van der Waals surface area contributed by atoms with Crippen LogP contribution in [0.2, 0.25) is 0 Å². The summed E-state index contributed by atoms with van der Waals surface area (Å²) in [6.07, 6.45) is 10.0. The highest BCUT2D eigenvalue weighted by Gasteiger charge is 1.92. The van der Waals surface area contributed by atoms with Crippen LogP contribution >= 0.6 is 0 Å². The number of rotatable bonds is 8. The fourth-order valence-electron chi connectivity index (χ4n) is 1.08. The van der Waals surface area contributed by atoms with E-state index in [1.807, 2.05) is 0 Å². The molecule has 0 radical (unpaired) electrons. The molecule has 0 spiro atoms. The van der Waals surface area contributed by atoms with Crippen LogP contribution in [0.25, 0.3) is 0 Å². The zero-order valence-electron chi connectivity index (χ0n) is 7.84. The minimum absolute atomic E-state index is 0.611. The molecule has 0 heterocycles. The number of hydrogen-bond acceptors (Lipinski definition) is 2. The topological polar surface area (TPSA) is 40.9 Å². The Balaban J connectivity index is 2.90. The normalized spacial score (nSPS) is 12.8. The van der Waals surface area contributed by atoms with E-state index in [2.05, 4.69) is 0 Å². The molecule has 0 aliphatic carbocycles. The van der Waals surface area contributed by atoms with Gasteiger partial charge in [-0.15, -0.1) is 0 Å². The zero-order chi connectivity index (χ0) is 9.23. The quantitative estimate of drug-likeness (QED) is 0.462. The fourth-order valence-corrected chi connectivity index (χ4v) is 1.69. The van der Waals surface area contributed by atoms with Crippen molar-refractivity contribution in [2.24, 2.45) is 0 Å². The second kappa shape index (κ2) is 8.91. The van der Waals surface area contributed by atoms with Gasteiger partial charge in [-0.05, 0) is 25.5 Å². The molecule has 0 aliphatic rings. The first kappa shape index (κ1) is 11.8. The van der Waals surface area contributed by atoms with Crippen LogP contribution in [-0.2, 0) is 10.8 Å². The van der Waals surface area contributed by atoms with Gasteiger partial charge in [0, 0.05) is 22.8 Å². The molecule has 3 heteroatoms. The predicted molar refractivity (Wildman–Crippen MR) is 55.4 cm³/mol. The molecular formula is C9H19NOS. The van der Waals surface area contributed by atoms with Crippen molar-refractivity contribution in [3.8, 4) is 0 Å². The lowest BCUT2D eigenvalue weighted by Gasteiger charge is -1.98. The summed E-state index contributed by atoms with van der Waals surface area (Å²) < 4.78 is 10.7.